The zero-order valence-electron chi connectivity index (χ0n) is 14.5. The molecule has 0 bridgehead atoms. The molecular weight excluding hydrogens is 378 g/mol. The largest absolute Gasteiger partial charge is 0.364 e. The van der Waals surface area contributed by atoms with Gasteiger partial charge in [0.2, 0.25) is 10.0 Å². The number of hydrogen-bond donors (Lipinski definition) is 2. The van der Waals surface area contributed by atoms with Gasteiger partial charge in [-0.3, -0.25) is 9.78 Å². The van der Waals surface area contributed by atoms with Gasteiger partial charge in [-0.25, -0.2) is 18.2 Å². The molecule has 0 aliphatic rings. The number of amides is 1. The van der Waals surface area contributed by atoms with Crippen LogP contribution in [-0.2, 0) is 10.0 Å². The van der Waals surface area contributed by atoms with Gasteiger partial charge in [0, 0.05) is 23.3 Å². The smallest absolute Gasteiger partial charge is 0.269 e. The Balaban J connectivity index is 1.89. The molecule has 0 aliphatic carbocycles. The normalized spacial score (nSPS) is 11.6. The maximum Gasteiger partial charge on any atom is 0.269 e. The number of sulfonamides is 1. The Morgan fingerprint density at radius 2 is 1.75 bits per heavy atom. The minimum atomic E-state index is -3.80. The molecule has 0 saturated heterocycles. The Kier molecular flexibility index (Phi) is 4.17. The van der Waals surface area contributed by atoms with Crippen LogP contribution in [0, 0.1) is 0 Å². The van der Waals surface area contributed by atoms with Gasteiger partial charge < -0.3 is 5.73 Å². The molecule has 1 amide bonds. The number of primary amides is 1. The fourth-order valence-corrected chi connectivity index (χ4v) is 3.50. The third-order valence-corrected chi connectivity index (χ3v) is 5.25. The van der Waals surface area contributed by atoms with Crippen LogP contribution in [-0.4, -0.2) is 29.1 Å². The van der Waals surface area contributed by atoms with Gasteiger partial charge in [0.05, 0.1) is 16.1 Å². The minimum absolute atomic E-state index is 0.0123. The van der Waals surface area contributed by atoms with Gasteiger partial charge >= 0.3 is 0 Å². The van der Waals surface area contributed by atoms with Crippen molar-refractivity contribution in [2.75, 3.05) is 0 Å². The number of pyridine rings is 1. The Bertz CT molecular complexity index is 1300. The van der Waals surface area contributed by atoms with E-state index >= 15 is 0 Å². The van der Waals surface area contributed by atoms with E-state index in [0.717, 1.165) is 11.1 Å². The van der Waals surface area contributed by atoms with Gasteiger partial charge in [-0.2, -0.15) is 5.10 Å². The van der Waals surface area contributed by atoms with Crippen LogP contribution in [0.25, 0.3) is 27.7 Å². The molecule has 0 aliphatic heterocycles. The van der Waals surface area contributed by atoms with Crippen molar-refractivity contribution in [3.8, 4) is 16.8 Å². The van der Waals surface area contributed by atoms with E-state index in [1.165, 1.54) is 16.8 Å². The van der Waals surface area contributed by atoms with E-state index in [1.807, 2.05) is 30.3 Å². The molecule has 4 aromatic rings. The molecule has 0 radical (unpaired) electrons. The van der Waals surface area contributed by atoms with E-state index in [0.29, 0.717) is 16.6 Å². The monoisotopic (exact) mass is 393 g/mol. The summed E-state index contributed by atoms with van der Waals surface area (Å²) in [7, 11) is -3.80. The summed E-state index contributed by atoms with van der Waals surface area (Å²) in [6.45, 7) is 0. The number of carbonyl (C=O) groups excluding carboxylic acids is 1. The van der Waals surface area contributed by atoms with Crippen molar-refractivity contribution in [1.82, 2.24) is 14.8 Å². The number of fused-ring (bicyclic) bond motifs is 1. The van der Waals surface area contributed by atoms with Crippen molar-refractivity contribution in [2.45, 2.75) is 4.90 Å². The molecule has 2 aromatic carbocycles. The molecule has 2 heterocycles. The number of primary sulfonamides is 1. The molecule has 140 valence electrons. The Morgan fingerprint density at radius 1 is 1.00 bits per heavy atom. The van der Waals surface area contributed by atoms with Gasteiger partial charge in [-0.15, -0.1) is 0 Å². The topological polar surface area (TPSA) is 134 Å². The van der Waals surface area contributed by atoms with Crippen molar-refractivity contribution in [3.63, 3.8) is 0 Å². The number of carbonyl (C=O) groups is 1. The Hall–Kier alpha value is -3.56. The average Bonchev–Trinajstić information content (AvgIpc) is 3.07. The molecule has 28 heavy (non-hydrogen) atoms. The summed E-state index contributed by atoms with van der Waals surface area (Å²) < 4.78 is 24.4. The highest BCUT2D eigenvalue weighted by Crippen LogP contribution is 2.28. The maximum atomic E-state index is 11.9. The third kappa shape index (κ3) is 3.13. The number of rotatable bonds is 4. The summed E-state index contributed by atoms with van der Waals surface area (Å²) in [6.07, 6.45) is 3.40. The van der Waals surface area contributed by atoms with Crippen molar-refractivity contribution in [3.05, 3.63) is 72.7 Å². The first kappa shape index (κ1) is 17.8. The van der Waals surface area contributed by atoms with E-state index in [9.17, 15) is 13.2 Å². The molecule has 0 spiro atoms. The zero-order valence-corrected chi connectivity index (χ0v) is 15.3. The number of hydrogen-bond acceptors (Lipinski definition) is 5. The maximum absolute atomic E-state index is 11.9. The zero-order chi connectivity index (χ0) is 19.9. The van der Waals surface area contributed by atoms with Crippen molar-refractivity contribution >= 4 is 26.8 Å². The summed E-state index contributed by atoms with van der Waals surface area (Å²) in [4.78, 5) is 16.0. The second kappa shape index (κ2) is 6.55. The minimum Gasteiger partial charge on any atom is -0.364 e. The summed E-state index contributed by atoms with van der Waals surface area (Å²) in [5, 5.41) is 10.1. The molecule has 8 nitrogen and oxygen atoms in total. The molecule has 0 unspecified atom stereocenters. The molecule has 0 atom stereocenters. The van der Waals surface area contributed by atoms with Crippen LogP contribution in [0.2, 0.25) is 0 Å². The molecule has 0 fully saturated rings. The number of benzene rings is 2. The lowest BCUT2D eigenvalue weighted by Crippen LogP contribution is -2.13. The van der Waals surface area contributed by atoms with Crippen LogP contribution in [0.4, 0.5) is 0 Å². The van der Waals surface area contributed by atoms with E-state index in [-0.39, 0.29) is 10.6 Å². The highest BCUT2D eigenvalue weighted by atomic mass is 32.2. The number of nitrogens with two attached hydrogens (primary N) is 2. The highest BCUT2D eigenvalue weighted by Gasteiger charge is 2.17. The summed E-state index contributed by atoms with van der Waals surface area (Å²) in [5.74, 6) is -0.659. The lowest BCUT2D eigenvalue weighted by atomic mass is 10.0. The van der Waals surface area contributed by atoms with E-state index in [2.05, 4.69) is 10.1 Å². The fraction of sp³-hybridized carbons (Fsp3) is 0. The molecule has 9 heteroatoms. The SMILES string of the molecule is NC(=O)c1nn(-c2ccc(S(N)(=O)=O)cc2)c2ccc(-c3cccnc3)cc12. The van der Waals surface area contributed by atoms with Gasteiger partial charge in [0.15, 0.2) is 5.69 Å². The van der Waals surface area contributed by atoms with E-state index < -0.39 is 15.9 Å². The molecule has 4 N–H and O–H groups in total. The summed E-state index contributed by atoms with van der Waals surface area (Å²) in [5.41, 5.74) is 8.63. The fourth-order valence-electron chi connectivity index (χ4n) is 2.99. The van der Waals surface area contributed by atoms with Crippen molar-refractivity contribution < 1.29 is 13.2 Å². The van der Waals surface area contributed by atoms with Gasteiger partial charge in [-0.05, 0) is 48.0 Å². The van der Waals surface area contributed by atoms with Crippen molar-refractivity contribution in [1.29, 1.82) is 0 Å². The first-order valence-corrected chi connectivity index (χ1v) is 9.75. The molecule has 0 saturated carbocycles. The van der Waals surface area contributed by atoms with Crippen LogP contribution in [0.1, 0.15) is 10.5 Å². The number of nitrogens with zero attached hydrogens (tertiary/aromatic N) is 3. The Labute approximate surface area is 160 Å². The van der Waals surface area contributed by atoms with Crippen LogP contribution in [0.5, 0.6) is 0 Å². The standard InChI is InChI=1S/C19H15N5O3S/c20-19(25)18-16-10-12(13-2-1-9-22-11-13)3-8-17(16)24(23-18)14-4-6-15(7-5-14)28(21,26)27/h1-11H,(H2,20,25)(H2,21,26,27). The third-order valence-electron chi connectivity index (χ3n) is 4.32. The van der Waals surface area contributed by atoms with Crippen LogP contribution in [0.15, 0.2) is 71.9 Å². The number of aromatic nitrogens is 3. The van der Waals surface area contributed by atoms with E-state index in [4.69, 9.17) is 10.9 Å². The van der Waals surface area contributed by atoms with Crippen molar-refractivity contribution in [2.24, 2.45) is 10.9 Å². The second-order valence-electron chi connectivity index (χ2n) is 6.14. The van der Waals surface area contributed by atoms with E-state index in [1.54, 1.807) is 24.5 Å². The average molecular weight is 393 g/mol. The predicted octanol–water partition coefficient (Wildman–Crippen LogP) is 1.83. The van der Waals surface area contributed by atoms with Crippen LogP contribution in [0.3, 0.4) is 0 Å². The lowest BCUT2D eigenvalue weighted by molar-refractivity contribution is 0.0996. The first-order chi connectivity index (χ1) is 13.3. The molecular formula is C19H15N5O3S. The Morgan fingerprint density at radius 3 is 2.36 bits per heavy atom. The van der Waals surface area contributed by atoms with Crippen LogP contribution < -0.4 is 10.9 Å². The van der Waals surface area contributed by atoms with Gasteiger partial charge in [-0.1, -0.05) is 12.1 Å². The van der Waals surface area contributed by atoms with Gasteiger partial charge in [0.1, 0.15) is 0 Å². The quantitative estimate of drug-likeness (QED) is 0.545. The lowest BCUT2D eigenvalue weighted by Gasteiger charge is -2.06. The highest BCUT2D eigenvalue weighted by molar-refractivity contribution is 7.89. The summed E-state index contributed by atoms with van der Waals surface area (Å²) >= 11 is 0. The molecule has 2 aromatic heterocycles. The first-order valence-electron chi connectivity index (χ1n) is 8.21. The molecule has 4 rings (SSSR count). The predicted molar refractivity (Wildman–Crippen MR) is 104 cm³/mol. The van der Waals surface area contributed by atoms with Gasteiger partial charge in [0.25, 0.3) is 5.91 Å². The van der Waals surface area contributed by atoms with Crippen LogP contribution >= 0.6 is 0 Å². The summed E-state index contributed by atoms with van der Waals surface area (Å²) in [6, 6.07) is 15.2. The second-order valence-corrected chi connectivity index (χ2v) is 7.70.